The maximum absolute atomic E-state index is 12.3. The van der Waals surface area contributed by atoms with Gasteiger partial charge in [-0.25, -0.2) is 0 Å². The van der Waals surface area contributed by atoms with Crippen molar-refractivity contribution in [1.82, 2.24) is 0 Å². The Morgan fingerprint density at radius 1 is 1.07 bits per heavy atom. The van der Waals surface area contributed by atoms with Crippen molar-refractivity contribution in [3.63, 3.8) is 0 Å². The molecule has 0 radical (unpaired) electrons. The number of phenolic OH excluding ortho intramolecular Hbond substituents is 1. The topological polar surface area (TPSA) is 61.7 Å². The fraction of sp³-hybridized carbons (Fsp3) is 0.0476. The van der Waals surface area contributed by atoms with Gasteiger partial charge >= 0.3 is 0 Å². The van der Waals surface area contributed by atoms with Gasteiger partial charge in [0.1, 0.15) is 5.75 Å². The second-order valence-corrected chi connectivity index (χ2v) is 8.36. The number of carbonyl (C=O) groups excluding carboxylic acids is 1. The quantitative estimate of drug-likeness (QED) is 0.297. The molecule has 0 bridgehead atoms. The molecule has 0 aliphatic heterocycles. The van der Waals surface area contributed by atoms with E-state index in [0.29, 0.717) is 16.8 Å². The predicted molar refractivity (Wildman–Crippen MR) is 126 cm³/mol. The first-order chi connectivity index (χ1) is 12.9. The van der Waals surface area contributed by atoms with E-state index in [0.717, 1.165) is 18.4 Å². The molecule has 0 heterocycles. The molecule has 3 rings (SSSR count). The number of hydrogen-bond acceptors (Lipinski definition) is 3. The second kappa shape index (κ2) is 8.83. The molecule has 4 nitrogen and oxygen atoms in total. The molecule has 3 aromatic carbocycles. The van der Waals surface area contributed by atoms with Crippen LogP contribution in [0.4, 0.5) is 11.4 Å². The zero-order chi connectivity index (χ0) is 19.4. The standard InChI is InChI=1S/C21H16I2N2O2/c1-13-3-2-4-14(9-13)21(27)25-18-7-5-17(6-8-18)24-12-15-10-16(22)11-19(23)20(15)26/h2-12,26H,1H3,(H,25,27). The van der Waals surface area contributed by atoms with Crippen molar-refractivity contribution in [3.8, 4) is 5.75 Å². The van der Waals surface area contributed by atoms with Gasteiger partial charge in [0, 0.05) is 26.6 Å². The van der Waals surface area contributed by atoms with Crippen molar-refractivity contribution < 1.29 is 9.90 Å². The van der Waals surface area contributed by atoms with E-state index >= 15 is 0 Å². The smallest absolute Gasteiger partial charge is 0.255 e. The SMILES string of the molecule is Cc1cccc(C(=O)Nc2ccc(N=Cc3cc(I)cc(I)c3O)cc2)c1. The molecule has 0 saturated carbocycles. The minimum Gasteiger partial charge on any atom is -0.506 e. The number of amides is 1. The Bertz CT molecular complexity index is 1020. The van der Waals surface area contributed by atoms with Crippen LogP contribution < -0.4 is 5.32 Å². The number of aryl methyl sites for hydroxylation is 1. The average Bonchev–Trinajstić information content (AvgIpc) is 2.64. The van der Waals surface area contributed by atoms with E-state index in [9.17, 15) is 9.90 Å². The lowest BCUT2D eigenvalue weighted by molar-refractivity contribution is 0.102. The number of halogens is 2. The second-order valence-electron chi connectivity index (χ2n) is 5.95. The number of rotatable bonds is 4. The lowest BCUT2D eigenvalue weighted by Gasteiger charge is -2.06. The Balaban J connectivity index is 1.71. The Labute approximate surface area is 185 Å². The summed E-state index contributed by atoms with van der Waals surface area (Å²) in [5.74, 6) is 0.0788. The highest BCUT2D eigenvalue weighted by Gasteiger charge is 2.07. The fourth-order valence-electron chi connectivity index (χ4n) is 2.45. The first-order valence-electron chi connectivity index (χ1n) is 8.12. The predicted octanol–water partition coefficient (Wildman–Crippen LogP) is 5.91. The van der Waals surface area contributed by atoms with Gasteiger partial charge in [-0.05, 0) is 101 Å². The highest BCUT2D eigenvalue weighted by Crippen LogP contribution is 2.26. The molecule has 27 heavy (non-hydrogen) atoms. The summed E-state index contributed by atoms with van der Waals surface area (Å²) in [4.78, 5) is 16.7. The Morgan fingerprint density at radius 2 is 1.81 bits per heavy atom. The monoisotopic (exact) mass is 582 g/mol. The molecule has 0 aliphatic rings. The summed E-state index contributed by atoms with van der Waals surface area (Å²) < 4.78 is 1.82. The first kappa shape index (κ1) is 19.8. The molecule has 0 unspecified atom stereocenters. The average molecular weight is 582 g/mol. The van der Waals surface area contributed by atoms with Crippen LogP contribution in [-0.4, -0.2) is 17.2 Å². The van der Waals surface area contributed by atoms with Crippen LogP contribution in [-0.2, 0) is 0 Å². The third-order valence-electron chi connectivity index (χ3n) is 3.82. The molecular weight excluding hydrogens is 566 g/mol. The lowest BCUT2D eigenvalue weighted by Crippen LogP contribution is -2.11. The number of benzene rings is 3. The summed E-state index contributed by atoms with van der Waals surface area (Å²) in [6.07, 6.45) is 1.64. The van der Waals surface area contributed by atoms with Gasteiger partial charge in [-0.15, -0.1) is 0 Å². The fourth-order valence-corrected chi connectivity index (χ4v) is 4.34. The van der Waals surface area contributed by atoms with Gasteiger partial charge in [-0.1, -0.05) is 17.7 Å². The number of nitrogens with one attached hydrogen (secondary N) is 1. The maximum atomic E-state index is 12.3. The molecule has 0 spiro atoms. The minimum atomic E-state index is -0.145. The van der Waals surface area contributed by atoms with Crippen LogP contribution in [0.3, 0.4) is 0 Å². The van der Waals surface area contributed by atoms with Crippen LogP contribution in [0, 0.1) is 14.1 Å². The number of carbonyl (C=O) groups is 1. The molecule has 3 aromatic rings. The molecule has 0 atom stereocenters. The van der Waals surface area contributed by atoms with E-state index in [1.165, 1.54) is 0 Å². The number of anilines is 1. The zero-order valence-corrected chi connectivity index (χ0v) is 18.7. The summed E-state index contributed by atoms with van der Waals surface area (Å²) >= 11 is 4.30. The van der Waals surface area contributed by atoms with Crippen molar-refractivity contribution in [3.05, 3.63) is 84.5 Å². The van der Waals surface area contributed by atoms with Crippen LogP contribution >= 0.6 is 45.2 Å². The number of aromatic hydroxyl groups is 1. The third-order valence-corrected chi connectivity index (χ3v) is 5.26. The van der Waals surface area contributed by atoms with Gasteiger partial charge in [0.15, 0.2) is 0 Å². The molecular formula is C21H16I2N2O2. The number of hydrogen-bond donors (Lipinski definition) is 2. The van der Waals surface area contributed by atoms with Crippen molar-refractivity contribution in [1.29, 1.82) is 0 Å². The number of phenols is 1. The van der Waals surface area contributed by atoms with Crippen molar-refractivity contribution in [2.75, 3.05) is 5.32 Å². The van der Waals surface area contributed by atoms with Crippen LogP contribution in [0.1, 0.15) is 21.5 Å². The lowest BCUT2D eigenvalue weighted by atomic mass is 10.1. The van der Waals surface area contributed by atoms with Crippen molar-refractivity contribution >= 4 is 68.7 Å². The van der Waals surface area contributed by atoms with Gasteiger partial charge in [0.2, 0.25) is 0 Å². The summed E-state index contributed by atoms with van der Waals surface area (Å²) in [5, 5.41) is 13.0. The van der Waals surface area contributed by atoms with E-state index in [2.05, 4.69) is 55.5 Å². The summed E-state index contributed by atoms with van der Waals surface area (Å²) in [6.45, 7) is 1.95. The number of nitrogens with zero attached hydrogens (tertiary/aromatic N) is 1. The molecule has 1 amide bonds. The molecule has 0 fully saturated rings. The minimum absolute atomic E-state index is 0.145. The Kier molecular flexibility index (Phi) is 6.48. The zero-order valence-electron chi connectivity index (χ0n) is 14.4. The van der Waals surface area contributed by atoms with Gasteiger partial charge in [-0.2, -0.15) is 0 Å². The molecule has 2 N–H and O–H groups in total. The highest BCUT2D eigenvalue weighted by atomic mass is 127. The van der Waals surface area contributed by atoms with Gasteiger partial charge < -0.3 is 10.4 Å². The molecule has 6 heteroatoms. The van der Waals surface area contributed by atoms with Crippen LogP contribution in [0.5, 0.6) is 5.75 Å². The van der Waals surface area contributed by atoms with Crippen LogP contribution in [0.25, 0.3) is 0 Å². The van der Waals surface area contributed by atoms with Crippen molar-refractivity contribution in [2.24, 2.45) is 4.99 Å². The van der Waals surface area contributed by atoms with E-state index in [-0.39, 0.29) is 11.7 Å². The number of aliphatic imine (C=N–C) groups is 1. The molecule has 136 valence electrons. The van der Waals surface area contributed by atoms with Gasteiger partial charge in [0.25, 0.3) is 5.91 Å². The van der Waals surface area contributed by atoms with E-state index in [1.807, 2.05) is 49.4 Å². The van der Waals surface area contributed by atoms with E-state index < -0.39 is 0 Å². The van der Waals surface area contributed by atoms with Crippen LogP contribution in [0.15, 0.2) is 65.7 Å². The largest absolute Gasteiger partial charge is 0.506 e. The van der Waals surface area contributed by atoms with Gasteiger partial charge in [0.05, 0.1) is 9.26 Å². The summed E-state index contributed by atoms with van der Waals surface area (Å²) in [7, 11) is 0. The van der Waals surface area contributed by atoms with Gasteiger partial charge in [-0.3, -0.25) is 9.79 Å². The van der Waals surface area contributed by atoms with E-state index in [1.54, 1.807) is 24.4 Å². The Morgan fingerprint density at radius 3 is 2.52 bits per heavy atom. The summed E-state index contributed by atoms with van der Waals surface area (Å²) in [5.41, 5.74) is 3.77. The van der Waals surface area contributed by atoms with Crippen molar-refractivity contribution in [2.45, 2.75) is 6.92 Å². The molecule has 0 saturated heterocycles. The normalized spacial score (nSPS) is 10.9. The maximum Gasteiger partial charge on any atom is 0.255 e. The molecule has 0 aliphatic carbocycles. The highest BCUT2D eigenvalue weighted by molar-refractivity contribution is 14.1. The first-order valence-corrected chi connectivity index (χ1v) is 10.3. The van der Waals surface area contributed by atoms with Crippen LogP contribution in [0.2, 0.25) is 0 Å². The molecule has 0 aromatic heterocycles. The Hall–Kier alpha value is -1.94. The summed E-state index contributed by atoms with van der Waals surface area (Å²) in [6, 6.07) is 18.5. The third kappa shape index (κ3) is 5.29. The van der Waals surface area contributed by atoms with E-state index in [4.69, 9.17) is 0 Å².